The molecule has 2 fully saturated rings. The first-order chi connectivity index (χ1) is 9.35. The molecule has 0 bridgehead atoms. The fourth-order valence-corrected chi connectivity index (χ4v) is 2.83. The molecule has 1 amide bonds. The first kappa shape index (κ1) is 15.6. The van der Waals surface area contributed by atoms with Crippen LogP contribution in [0.4, 0.5) is 4.79 Å². The minimum atomic E-state index is -0.429. The van der Waals surface area contributed by atoms with Crippen molar-refractivity contribution in [3.8, 4) is 0 Å². The van der Waals surface area contributed by atoms with Crippen LogP contribution < -0.4 is 5.32 Å². The number of aliphatic hydroxyl groups excluding tert-OH is 1. The van der Waals surface area contributed by atoms with E-state index in [9.17, 15) is 9.90 Å². The number of hydrogen-bond acceptors (Lipinski definition) is 4. The number of aliphatic hydroxyl groups is 1. The van der Waals surface area contributed by atoms with Crippen LogP contribution in [0.2, 0.25) is 0 Å². The number of ether oxygens (including phenoxy) is 1. The summed E-state index contributed by atoms with van der Waals surface area (Å²) in [5, 5.41) is 13.4. The number of carbonyl (C=O) groups excluding carboxylic acids is 1. The van der Waals surface area contributed by atoms with Crippen LogP contribution in [0.15, 0.2) is 0 Å². The van der Waals surface area contributed by atoms with Crippen LogP contribution in [0, 0.1) is 5.92 Å². The van der Waals surface area contributed by atoms with Crippen molar-refractivity contribution in [2.24, 2.45) is 5.92 Å². The van der Waals surface area contributed by atoms with Crippen molar-refractivity contribution < 1.29 is 14.6 Å². The Labute approximate surface area is 121 Å². The largest absolute Gasteiger partial charge is 0.444 e. The maximum atomic E-state index is 11.8. The third-order valence-corrected chi connectivity index (χ3v) is 4.07. The predicted octanol–water partition coefficient (Wildman–Crippen LogP) is 1.75. The lowest BCUT2D eigenvalue weighted by molar-refractivity contribution is 0.00303. The van der Waals surface area contributed by atoms with Gasteiger partial charge >= 0.3 is 6.09 Å². The third-order valence-electron chi connectivity index (χ3n) is 4.07. The molecule has 2 rings (SSSR count). The molecule has 1 aliphatic carbocycles. The Morgan fingerprint density at radius 3 is 2.55 bits per heavy atom. The highest BCUT2D eigenvalue weighted by Crippen LogP contribution is 2.24. The summed E-state index contributed by atoms with van der Waals surface area (Å²) in [4.78, 5) is 13.5. The van der Waals surface area contributed by atoms with Crippen LogP contribution in [0.5, 0.6) is 0 Å². The van der Waals surface area contributed by atoms with Crippen LogP contribution in [0.1, 0.15) is 46.5 Å². The normalized spacial score (nSPS) is 28.1. The Morgan fingerprint density at radius 1 is 1.30 bits per heavy atom. The summed E-state index contributed by atoms with van der Waals surface area (Å²) in [5.41, 5.74) is -0.429. The van der Waals surface area contributed by atoms with Crippen LogP contribution in [-0.4, -0.2) is 53.5 Å². The smallest absolute Gasteiger partial charge is 0.410 e. The monoisotopic (exact) mass is 284 g/mol. The number of rotatable bonds is 3. The van der Waals surface area contributed by atoms with Gasteiger partial charge in [-0.2, -0.15) is 0 Å². The summed E-state index contributed by atoms with van der Waals surface area (Å²) in [6, 6.07) is 0.344. The fourth-order valence-electron chi connectivity index (χ4n) is 2.83. The Balaban J connectivity index is 1.63. The summed E-state index contributed by atoms with van der Waals surface area (Å²) in [7, 11) is 0. The molecule has 1 aliphatic heterocycles. The zero-order chi connectivity index (χ0) is 14.8. The van der Waals surface area contributed by atoms with E-state index in [0.717, 1.165) is 25.8 Å². The van der Waals surface area contributed by atoms with Gasteiger partial charge in [0.25, 0.3) is 0 Å². The highest BCUT2D eigenvalue weighted by atomic mass is 16.6. The lowest BCUT2D eigenvalue weighted by atomic mass is 9.86. The third kappa shape index (κ3) is 4.35. The van der Waals surface area contributed by atoms with Gasteiger partial charge in [0.2, 0.25) is 0 Å². The van der Waals surface area contributed by atoms with E-state index < -0.39 is 5.60 Å². The Morgan fingerprint density at radius 2 is 1.95 bits per heavy atom. The molecule has 0 spiro atoms. The second kappa shape index (κ2) is 6.31. The molecule has 20 heavy (non-hydrogen) atoms. The maximum absolute atomic E-state index is 11.8. The standard InChI is InChI=1S/C15H28N2O3/c1-15(2,3)20-14(19)17-9-12(10-17)16-8-11-6-4-5-7-13(11)18/h11-13,16,18H,4-10H2,1-3H3. The number of hydrogen-bond donors (Lipinski definition) is 2. The second-order valence-electron chi connectivity index (χ2n) is 7.10. The van der Waals surface area contributed by atoms with Crippen LogP contribution >= 0.6 is 0 Å². The Hall–Kier alpha value is -0.810. The number of likely N-dealkylation sites (tertiary alicyclic amines) is 1. The van der Waals surface area contributed by atoms with Gasteiger partial charge in [0.05, 0.1) is 6.10 Å². The summed E-state index contributed by atoms with van der Waals surface area (Å²) in [6.45, 7) is 7.91. The van der Waals surface area contributed by atoms with Crippen LogP contribution in [0.3, 0.4) is 0 Å². The minimum absolute atomic E-state index is 0.154. The molecule has 0 aromatic heterocycles. The van der Waals surface area contributed by atoms with Gasteiger partial charge in [-0.3, -0.25) is 0 Å². The van der Waals surface area contributed by atoms with E-state index in [1.165, 1.54) is 6.42 Å². The fraction of sp³-hybridized carbons (Fsp3) is 0.933. The number of nitrogens with one attached hydrogen (secondary N) is 1. The second-order valence-corrected chi connectivity index (χ2v) is 7.10. The van der Waals surface area contributed by atoms with Crippen molar-refractivity contribution in [1.82, 2.24) is 10.2 Å². The highest BCUT2D eigenvalue weighted by Gasteiger charge is 2.34. The zero-order valence-corrected chi connectivity index (χ0v) is 12.9. The number of nitrogens with zero attached hydrogens (tertiary/aromatic N) is 1. The van der Waals surface area contributed by atoms with Crippen molar-refractivity contribution in [3.05, 3.63) is 0 Å². The minimum Gasteiger partial charge on any atom is -0.444 e. The topological polar surface area (TPSA) is 61.8 Å². The van der Waals surface area contributed by atoms with Gasteiger partial charge in [-0.05, 0) is 39.5 Å². The summed E-state index contributed by atoms with van der Waals surface area (Å²) in [6.07, 6.45) is 4.02. The summed E-state index contributed by atoms with van der Waals surface area (Å²) < 4.78 is 5.32. The van der Waals surface area contributed by atoms with Crippen molar-refractivity contribution >= 4 is 6.09 Å². The highest BCUT2D eigenvalue weighted by molar-refractivity contribution is 5.69. The molecule has 0 radical (unpaired) electrons. The van der Waals surface area contributed by atoms with Crippen LogP contribution in [-0.2, 0) is 4.74 Å². The lowest BCUT2D eigenvalue weighted by Crippen LogP contribution is -2.61. The van der Waals surface area contributed by atoms with E-state index in [1.807, 2.05) is 20.8 Å². The van der Waals surface area contributed by atoms with Gasteiger partial charge in [0.15, 0.2) is 0 Å². The van der Waals surface area contributed by atoms with Crippen molar-refractivity contribution in [2.75, 3.05) is 19.6 Å². The van der Waals surface area contributed by atoms with Gasteiger partial charge in [-0.25, -0.2) is 4.79 Å². The van der Waals surface area contributed by atoms with E-state index in [-0.39, 0.29) is 12.2 Å². The molecule has 2 unspecified atom stereocenters. The number of carbonyl (C=O) groups is 1. The quantitative estimate of drug-likeness (QED) is 0.829. The first-order valence-corrected chi connectivity index (χ1v) is 7.74. The van der Waals surface area contributed by atoms with E-state index in [1.54, 1.807) is 4.90 Å². The summed E-state index contributed by atoms with van der Waals surface area (Å²) >= 11 is 0. The molecule has 0 aromatic carbocycles. The van der Waals surface area contributed by atoms with E-state index in [0.29, 0.717) is 25.0 Å². The molecule has 2 aliphatic rings. The maximum Gasteiger partial charge on any atom is 0.410 e. The molecule has 2 N–H and O–H groups in total. The molecule has 1 saturated heterocycles. The van der Waals surface area contributed by atoms with Gasteiger partial charge in [-0.15, -0.1) is 0 Å². The molecule has 116 valence electrons. The van der Waals surface area contributed by atoms with Gasteiger partial charge < -0.3 is 20.1 Å². The average molecular weight is 284 g/mol. The Bertz CT molecular complexity index is 335. The van der Waals surface area contributed by atoms with Crippen molar-refractivity contribution in [2.45, 2.75) is 64.2 Å². The van der Waals surface area contributed by atoms with Crippen molar-refractivity contribution in [1.29, 1.82) is 0 Å². The molecule has 2 atom stereocenters. The lowest BCUT2D eigenvalue weighted by Gasteiger charge is -2.41. The van der Waals surface area contributed by atoms with Gasteiger partial charge in [0, 0.05) is 25.7 Å². The first-order valence-electron chi connectivity index (χ1n) is 7.74. The SMILES string of the molecule is CC(C)(C)OC(=O)N1CC(NCC2CCCCC2O)C1. The van der Waals surface area contributed by atoms with Gasteiger partial charge in [0.1, 0.15) is 5.60 Å². The molecule has 5 nitrogen and oxygen atoms in total. The van der Waals surface area contributed by atoms with Crippen LogP contribution in [0.25, 0.3) is 0 Å². The molecule has 5 heteroatoms. The Kier molecular flexibility index (Phi) is 4.91. The van der Waals surface area contributed by atoms with E-state index in [4.69, 9.17) is 4.74 Å². The molecule has 1 saturated carbocycles. The number of amides is 1. The van der Waals surface area contributed by atoms with E-state index >= 15 is 0 Å². The van der Waals surface area contributed by atoms with E-state index in [2.05, 4.69) is 5.32 Å². The molecular weight excluding hydrogens is 256 g/mol. The molecule has 1 heterocycles. The molecular formula is C15H28N2O3. The average Bonchev–Trinajstić information content (AvgIpc) is 2.26. The zero-order valence-electron chi connectivity index (χ0n) is 12.9. The molecule has 0 aromatic rings. The predicted molar refractivity (Wildman–Crippen MR) is 77.6 cm³/mol. The van der Waals surface area contributed by atoms with Crippen molar-refractivity contribution in [3.63, 3.8) is 0 Å². The van der Waals surface area contributed by atoms with Gasteiger partial charge in [-0.1, -0.05) is 12.8 Å². The summed E-state index contributed by atoms with van der Waals surface area (Å²) in [5.74, 6) is 0.374.